The molecule has 0 radical (unpaired) electrons. The molecule has 13 heteroatoms. The zero-order chi connectivity index (χ0) is 30.2. The zero-order valence-electron chi connectivity index (χ0n) is 23.8. The number of aldehydes is 1. The molecule has 1 saturated heterocycles. The van der Waals surface area contributed by atoms with Crippen LogP contribution in [0.5, 0.6) is 5.75 Å². The summed E-state index contributed by atoms with van der Waals surface area (Å²) in [7, 11) is 1.52. The van der Waals surface area contributed by atoms with Crippen LogP contribution in [0.15, 0.2) is 18.2 Å². The largest absolute Gasteiger partial charge is 0.483 e. The molecular weight excluding hydrogens is 526 g/mol. The number of hydrogen-bond donors (Lipinski definition) is 3. The van der Waals surface area contributed by atoms with Gasteiger partial charge >= 0.3 is 0 Å². The van der Waals surface area contributed by atoms with Gasteiger partial charge < -0.3 is 34.3 Å². The van der Waals surface area contributed by atoms with Crippen molar-refractivity contribution in [3.05, 3.63) is 29.3 Å². The molecule has 13 nitrogen and oxygen atoms in total. The second kappa shape index (κ2) is 23.5. The first kappa shape index (κ1) is 36.6. The Morgan fingerprint density at radius 1 is 1.07 bits per heavy atom. The number of nitrogens with one attached hydrogen (secondary N) is 2. The van der Waals surface area contributed by atoms with Gasteiger partial charge in [0.1, 0.15) is 11.8 Å². The molecule has 2 rings (SSSR count). The van der Waals surface area contributed by atoms with Crippen molar-refractivity contribution in [2.75, 3.05) is 66.4 Å². The molecule has 1 heterocycles. The molecule has 1 fully saturated rings. The molecule has 3 N–H and O–H groups in total. The highest BCUT2D eigenvalue weighted by Gasteiger charge is 2.28. The minimum absolute atomic E-state index is 0.00309. The number of aliphatic hydroxyl groups is 1. The number of aliphatic hydroxyl groups excluding tert-OH is 1. The maximum Gasteiger partial charge on any atom is 0.258 e. The van der Waals surface area contributed by atoms with Crippen molar-refractivity contribution >= 4 is 30.4 Å². The molecule has 1 aromatic rings. The van der Waals surface area contributed by atoms with E-state index in [1.54, 1.807) is 25.1 Å². The third kappa shape index (κ3) is 15.9. The summed E-state index contributed by atoms with van der Waals surface area (Å²) in [5.74, 6) is -0.549. The first-order valence-corrected chi connectivity index (χ1v) is 13.1. The first-order chi connectivity index (χ1) is 19.3. The van der Waals surface area contributed by atoms with Gasteiger partial charge in [-0.3, -0.25) is 29.3 Å². The maximum absolute atomic E-state index is 11.7. The predicted octanol–water partition coefficient (Wildman–Crippen LogP) is 0.251. The van der Waals surface area contributed by atoms with Crippen molar-refractivity contribution in [2.45, 2.75) is 39.7 Å². The molecule has 1 unspecified atom stereocenters. The number of imide groups is 1. The molecule has 0 saturated carbocycles. The van der Waals surface area contributed by atoms with Gasteiger partial charge in [0.15, 0.2) is 12.9 Å². The predicted molar refractivity (Wildman–Crippen MR) is 146 cm³/mol. The van der Waals surface area contributed by atoms with Gasteiger partial charge in [0.05, 0.1) is 51.8 Å². The summed E-state index contributed by atoms with van der Waals surface area (Å²) in [6, 6.07) is 4.74. The fourth-order valence-corrected chi connectivity index (χ4v) is 3.14. The van der Waals surface area contributed by atoms with E-state index < -0.39 is 6.04 Å². The molecule has 1 aliphatic heterocycles. The number of amides is 4. The van der Waals surface area contributed by atoms with Gasteiger partial charge in [-0.05, 0) is 25.0 Å². The number of piperidine rings is 1. The van der Waals surface area contributed by atoms with Crippen LogP contribution >= 0.6 is 0 Å². The van der Waals surface area contributed by atoms with Gasteiger partial charge in [0, 0.05) is 20.0 Å². The molecule has 0 aliphatic carbocycles. The van der Waals surface area contributed by atoms with Gasteiger partial charge in [-0.1, -0.05) is 26.0 Å². The van der Waals surface area contributed by atoms with Gasteiger partial charge in [-0.15, -0.1) is 0 Å². The van der Waals surface area contributed by atoms with E-state index in [1.807, 2.05) is 13.8 Å². The first-order valence-electron chi connectivity index (χ1n) is 13.1. The van der Waals surface area contributed by atoms with Crippen LogP contribution in [0.3, 0.4) is 0 Å². The lowest BCUT2D eigenvalue weighted by molar-refractivity contribution is -0.140. The van der Waals surface area contributed by atoms with E-state index in [2.05, 4.69) is 10.6 Å². The van der Waals surface area contributed by atoms with Crippen LogP contribution in [0.25, 0.3) is 0 Å². The summed E-state index contributed by atoms with van der Waals surface area (Å²) in [5, 5.41) is 13.4. The number of aryl methyl sites for hydroxylation is 1. The Hall–Kier alpha value is -3.39. The van der Waals surface area contributed by atoms with E-state index in [-0.39, 0.29) is 30.9 Å². The van der Waals surface area contributed by atoms with E-state index in [1.165, 1.54) is 11.9 Å². The second-order valence-electron chi connectivity index (χ2n) is 8.04. The number of nitrogens with zero attached hydrogens (tertiary/aromatic N) is 1. The van der Waals surface area contributed by atoms with E-state index >= 15 is 0 Å². The Bertz CT molecular complexity index is 897. The van der Waals surface area contributed by atoms with Crippen LogP contribution in [0.2, 0.25) is 0 Å². The summed E-state index contributed by atoms with van der Waals surface area (Å²) in [5.41, 5.74) is 1.25. The average molecular weight is 570 g/mol. The van der Waals surface area contributed by atoms with E-state index in [9.17, 15) is 24.0 Å². The second-order valence-corrected chi connectivity index (χ2v) is 8.04. The monoisotopic (exact) mass is 569 g/mol. The van der Waals surface area contributed by atoms with Crippen LogP contribution < -0.4 is 15.4 Å². The number of rotatable bonds is 17. The molecule has 0 bridgehead atoms. The summed E-state index contributed by atoms with van der Waals surface area (Å²) in [4.78, 5) is 56.1. The number of carbonyl (C=O) groups is 5. The summed E-state index contributed by atoms with van der Waals surface area (Å²) in [6.45, 7) is 8.40. The Kier molecular flexibility index (Phi) is 21.5. The molecule has 4 amide bonds. The van der Waals surface area contributed by atoms with Crippen LogP contribution in [0, 0.1) is 6.92 Å². The van der Waals surface area contributed by atoms with E-state index in [0.717, 1.165) is 11.8 Å². The Morgan fingerprint density at radius 3 is 2.27 bits per heavy atom. The van der Waals surface area contributed by atoms with E-state index in [4.69, 9.17) is 24.1 Å². The quantitative estimate of drug-likeness (QED) is 0.134. The van der Waals surface area contributed by atoms with Crippen LogP contribution in [-0.2, 0) is 33.4 Å². The molecule has 0 spiro atoms. The molecule has 0 aromatic heterocycles. The van der Waals surface area contributed by atoms with Gasteiger partial charge in [0.25, 0.3) is 5.91 Å². The Labute approximate surface area is 235 Å². The molecule has 226 valence electrons. The van der Waals surface area contributed by atoms with Crippen molar-refractivity contribution in [3.63, 3.8) is 0 Å². The number of hydrogen-bond acceptors (Lipinski definition) is 10. The molecule has 1 atom stereocenters. The lowest BCUT2D eigenvalue weighted by atomic mass is 10.1. The lowest BCUT2D eigenvalue weighted by Gasteiger charge is -2.26. The lowest BCUT2D eigenvalue weighted by Crippen LogP contribution is -2.50. The summed E-state index contributed by atoms with van der Waals surface area (Å²) < 4.78 is 21.0. The van der Waals surface area contributed by atoms with Crippen LogP contribution in [0.4, 0.5) is 0 Å². The van der Waals surface area contributed by atoms with Gasteiger partial charge in [-0.2, -0.15) is 0 Å². The van der Waals surface area contributed by atoms with Crippen molar-refractivity contribution in [1.29, 1.82) is 0 Å². The molecule has 40 heavy (non-hydrogen) atoms. The third-order valence-electron chi connectivity index (χ3n) is 5.18. The fourth-order valence-electron chi connectivity index (χ4n) is 3.14. The van der Waals surface area contributed by atoms with Gasteiger partial charge in [-0.25, -0.2) is 0 Å². The highest BCUT2D eigenvalue weighted by molar-refractivity contribution is 6.00. The van der Waals surface area contributed by atoms with Crippen molar-refractivity contribution < 1.29 is 48.0 Å². The van der Waals surface area contributed by atoms with Crippen molar-refractivity contribution in [3.8, 4) is 5.75 Å². The normalized spacial score (nSPS) is 14.0. The average Bonchev–Trinajstić information content (AvgIpc) is 2.96. The Balaban J connectivity index is 0.000000902. The standard InChI is InChI=1S/C18H27NO7.C7H10N2O3.C2H6/c1-15-3-2-4-17(16(15)13-21)26-14-18(22)19-5-7-23-9-11-25-12-10-24-8-6-20;1-9(4-10)5-2-3-6(11)8-7(5)12;1-2/h2-4,13,20H,5-12,14H2,1H3,(H,19,22);4-5H,2-3H2,1H3,(H,8,11,12);1-2H3. The Morgan fingerprint density at radius 2 is 1.70 bits per heavy atom. The van der Waals surface area contributed by atoms with E-state index in [0.29, 0.717) is 76.8 Å². The number of ether oxygens (including phenoxy) is 4. The third-order valence-corrected chi connectivity index (χ3v) is 5.18. The van der Waals surface area contributed by atoms with Crippen molar-refractivity contribution in [2.24, 2.45) is 0 Å². The number of likely N-dealkylation sites (N-methyl/N-ethyl adjacent to an activating group) is 1. The topological polar surface area (TPSA) is 170 Å². The number of carbonyl (C=O) groups excluding carboxylic acids is 5. The molecule has 1 aliphatic rings. The highest BCUT2D eigenvalue weighted by Crippen LogP contribution is 2.19. The minimum atomic E-state index is -0.486. The summed E-state index contributed by atoms with van der Waals surface area (Å²) in [6.07, 6.45) is 2.02. The fraction of sp³-hybridized carbons (Fsp3) is 0.593. The zero-order valence-corrected chi connectivity index (χ0v) is 23.8. The van der Waals surface area contributed by atoms with Crippen LogP contribution in [0.1, 0.15) is 42.6 Å². The highest BCUT2D eigenvalue weighted by atomic mass is 16.5. The van der Waals surface area contributed by atoms with Crippen LogP contribution in [-0.4, -0.2) is 113 Å². The van der Waals surface area contributed by atoms with Gasteiger partial charge in [0.2, 0.25) is 18.2 Å². The van der Waals surface area contributed by atoms with Crippen molar-refractivity contribution in [1.82, 2.24) is 15.5 Å². The molecular formula is C27H43N3O10. The smallest absolute Gasteiger partial charge is 0.258 e. The summed E-state index contributed by atoms with van der Waals surface area (Å²) >= 11 is 0. The minimum Gasteiger partial charge on any atom is -0.483 e. The SMILES string of the molecule is CC.CN(C=O)C1CCC(=O)NC1=O.Cc1cccc(OCC(=O)NCCOCCOCCOCCO)c1C=O. The maximum atomic E-state index is 11.7. The number of benzene rings is 1. The molecule has 1 aromatic carbocycles.